The summed E-state index contributed by atoms with van der Waals surface area (Å²) in [5.74, 6) is 0.816. The van der Waals surface area contributed by atoms with E-state index in [0.29, 0.717) is 29.3 Å². The van der Waals surface area contributed by atoms with Gasteiger partial charge >= 0.3 is 0 Å². The highest BCUT2D eigenvalue weighted by Gasteiger charge is 2.21. The standard InChI is InChI=1S/C19H21Cl2NO5S/c1-26-18-12-16(22-28(24,25)14-8-6-13(21)7-9-14)19(27-2)11-15(18)17(23)5-3-4-10-20/h6-9,11-12,22H,3-5,10H2,1-2H3. The van der Waals surface area contributed by atoms with Crippen molar-refractivity contribution in [3.8, 4) is 11.5 Å². The normalized spacial score (nSPS) is 11.1. The zero-order valence-electron chi connectivity index (χ0n) is 15.5. The fourth-order valence-corrected chi connectivity index (χ4v) is 3.90. The number of benzene rings is 2. The van der Waals surface area contributed by atoms with Crippen molar-refractivity contribution in [2.24, 2.45) is 0 Å². The van der Waals surface area contributed by atoms with Crippen LogP contribution in [0.5, 0.6) is 11.5 Å². The van der Waals surface area contributed by atoms with Crippen LogP contribution < -0.4 is 14.2 Å². The Kier molecular flexibility index (Phi) is 7.98. The highest BCUT2D eigenvalue weighted by atomic mass is 35.5. The molecule has 0 bridgehead atoms. The number of alkyl halides is 1. The molecule has 1 N–H and O–H groups in total. The van der Waals surface area contributed by atoms with Crippen LogP contribution in [0.3, 0.4) is 0 Å². The molecule has 9 heteroatoms. The van der Waals surface area contributed by atoms with Crippen molar-refractivity contribution >= 4 is 44.7 Å². The Hall–Kier alpha value is -1.96. The van der Waals surface area contributed by atoms with Gasteiger partial charge in [0, 0.05) is 23.4 Å². The van der Waals surface area contributed by atoms with Gasteiger partial charge in [-0.15, -0.1) is 11.6 Å². The highest BCUT2D eigenvalue weighted by Crippen LogP contribution is 2.35. The van der Waals surface area contributed by atoms with Gasteiger partial charge in [0.25, 0.3) is 10.0 Å². The molecular formula is C19H21Cl2NO5S. The first-order valence-corrected chi connectivity index (χ1v) is 10.9. The maximum Gasteiger partial charge on any atom is 0.262 e. The fraction of sp³-hybridized carbons (Fsp3) is 0.316. The quantitative estimate of drug-likeness (QED) is 0.324. The Balaban J connectivity index is 2.36. The maximum absolute atomic E-state index is 12.6. The summed E-state index contributed by atoms with van der Waals surface area (Å²) in [4.78, 5) is 12.5. The van der Waals surface area contributed by atoms with Gasteiger partial charge < -0.3 is 9.47 Å². The van der Waals surface area contributed by atoms with Crippen LogP contribution in [0.1, 0.15) is 29.6 Å². The van der Waals surface area contributed by atoms with Crippen molar-refractivity contribution < 1.29 is 22.7 Å². The Morgan fingerprint density at radius 2 is 1.68 bits per heavy atom. The van der Waals surface area contributed by atoms with Gasteiger partial charge in [-0.25, -0.2) is 8.42 Å². The first-order valence-electron chi connectivity index (χ1n) is 8.46. The SMILES string of the molecule is COc1cc(C(=O)CCCCCl)c(OC)cc1NS(=O)(=O)c1ccc(Cl)cc1. The molecule has 6 nitrogen and oxygen atoms in total. The van der Waals surface area contributed by atoms with Crippen molar-refractivity contribution in [3.05, 3.63) is 47.0 Å². The lowest BCUT2D eigenvalue weighted by molar-refractivity contribution is 0.0976. The zero-order chi connectivity index (χ0) is 20.7. The summed E-state index contributed by atoms with van der Waals surface area (Å²) >= 11 is 11.5. The number of ketones is 1. The number of sulfonamides is 1. The Labute approximate surface area is 174 Å². The zero-order valence-corrected chi connectivity index (χ0v) is 17.8. The van der Waals surface area contributed by atoms with E-state index in [0.717, 1.165) is 6.42 Å². The van der Waals surface area contributed by atoms with Crippen molar-refractivity contribution in [2.75, 3.05) is 24.8 Å². The number of carbonyl (C=O) groups excluding carboxylic acids is 1. The van der Waals surface area contributed by atoms with E-state index in [1.807, 2.05) is 0 Å². The Morgan fingerprint density at radius 3 is 2.25 bits per heavy atom. The topological polar surface area (TPSA) is 81.7 Å². The number of rotatable bonds is 10. The Bertz CT molecular complexity index is 930. The molecular weight excluding hydrogens is 425 g/mol. The summed E-state index contributed by atoms with van der Waals surface area (Å²) in [5.41, 5.74) is 0.481. The van der Waals surface area contributed by atoms with E-state index < -0.39 is 10.0 Å². The van der Waals surface area contributed by atoms with Gasteiger partial charge in [0.2, 0.25) is 0 Å². The third kappa shape index (κ3) is 5.53. The molecule has 0 aromatic heterocycles. The number of nitrogens with one attached hydrogen (secondary N) is 1. The van der Waals surface area contributed by atoms with Crippen molar-refractivity contribution in [1.82, 2.24) is 0 Å². The number of unbranched alkanes of at least 4 members (excludes halogenated alkanes) is 1. The summed E-state index contributed by atoms with van der Waals surface area (Å²) < 4.78 is 38.3. The first kappa shape index (κ1) is 22.3. The average molecular weight is 446 g/mol. The molecule has 152 valence electrons. The summed E-state index contributed by atoms with van der Waals surface area (Å²) in [6.45, 7) is 0. The molecule has 2 rings (SSSR count). The fourth-order valence-electron chi connectivity index (χ4n) is 2.53. The number of methoxy groups -OCH3 is 2. The summed E-state index contributed by atoms with van der Waals surface area (Å²) in [6, 6.07) is 8.65. The van der Waals surface area contributed by atoms with Gasteiger partial charge in [-0.05, 0) is 43.2 Å². The van der Waals surface area contributed by atoms with Crippen LogP contribution in [-0.4, -0.2) is 34.3 Å². The second kappa shape index (κ2) is 10.0. The minimum Gasteiger partial charge on any atom is -0.496 e. The van der Waals surface area contributed by atoms with Gasteiger partial charge in [0.1, 0.15) is 11.5 Å². The molecule has 28 heavy (non-hydrogen) atoms. The summed E-state index contributed by atoms with van der Waals surface area (Å²) in [6.07, 6.45) is 1.69. The van der Waals surface area contributed by atoms with E-state index in [9.17, 15) is 13.2 Å². The van der Waals surface area contributed by atoms with Gasteiger partial charge in [-0.2, -0.15) is 0 Å². The highest BCUT2D eigenvalue weighted by molar-refractivity contribution is 7.92. The van der Waals surface area contributed by atoms with E-state index >= 15 is 0 Å². The molecule has 0 heterocycles. The van der Waals surface area contributed by atoms with Gasteiger partial charge in [0.15, 0.2) is 5.78 Å². The molecule has 0 fully saturated rings. The van der Waals surface area contributed by atoms with Crippen LogP contribution >= 0.6 is 23.2 Å². The molecule has 0 aliphatic heterocycles. The lowest BCUT2D eigenvalue weighted by Gasteiger charge is -2.16. The molecule has 0 amide bonds. The average Bonchev–Trinajstić information content (AvgIpc) is 2.67. The second-order valence-electron chi connectivity index (χ2n) is 5.88. The predicted molar refractivity (Wildman–Crippen MR) is 111 cm³/mol. The number of hydrogen-bond donors (Lipinski definition) is 1. The molecule has 0 atom stereocenters. The van der Waals surface area contributed by atoms with E-state index in [2.05, 4.69) is 4.72 Å². The predicted octanol–water partition coefficient (Wildman–Crippen LogP) is 4.75. The minimum absolute atomic E-state index is 0.0409. The molecule has 0 aliphatic rings. The Morgan fingerprint density at radius 1 is 1.04 bits per heavy atom. The van der Waals surface area contributed by atoms with Crippen molar-refractivity contribution in [2.45, 2.75) is 24.2 Å². The molecule has 0 saturated carbocycles. The van der Waals surface area contributed by atoms with E-state index in [1.54, 1.807) is 0 Å². The van der Waals surface area contributed by atoms with Gasteiger partial charge in [-0.3, -0.25) is 9.52 Å². The van der Waals surface area contributed by atoms with E-state index in [-0.39, 0.29) is 27.9 Å². The number of Topliss-reactive ketones (excluding diaryl/α,β-unsaturated/α-hetero) is 1. The number of anilines is 1. The third-order valence-electron chi connectivity index (χ3n) is 3.98. The smallest absolute Gasteiger partial charge is 0.262 e. The summed E-state index contributed by atoms with van der Waals surface area (Å²) in [5, 5.41) is 0.426. The van der Waals surface area contributed by atoms with Crippen molar-refractivity contribution in [3.63, 3.8) is 0 Å². The molecule has 0 aliphatic carbocycles. The van der Waals surface area contributed by atoms with Crippen LogP contribution in [0, 0.1) is 0 Å². The number of hydrogen-bond acceptors (Lipinski definition) is 5. The lowest BCUT2D eigenvalue weighted by atomic mass is 10.0. The molecule has 0 unspecified atom stereocenters. The van der Waals surface area contributed by atoms with E-state index in [4.69, 9.17) is 32.7 Å². The van der Waals surface area contributed by atoms with Gasteiger partial charge in [0.05, 0.1) is 30.4 Å². The monoisotopic (exact) mass is 445 g/mol. The molecule has 2 aromatic rings. The first-order chi connectivity index (χ1) is 13.3. The molecule has 0 spiro atoms. The maximum atomic E-state index is 12.6. The molecule has 0 radical (unpaired) electrons. The molecule has 0 saturated heterocycles. The second-order valence-corrected chi connectivity index (χ2v) is 8.38. The number of halogens is 2. The third-order valence-corrected chi connectivity index (χ3v) is 5.88. The largest absolute Gasteiger partial charge is 0.496 e. The number of ether oxygens (including phenoxy) is 2. The van der Waals surface area contributed by atoms with Crippen LogP contribution in [-0.2, 0) is 10.0 Å². The van der Waals surface area contributed by atoms with Crippen LogP contribution in [0.4, 0.5) is 5.69 Å². The van der Waals surface area contributed by atoms with Crippen LogP contribution in [0.2, 0.25) is 5.02 Å². The van der Waals surface area contributed by atoms with Gasteiger partial charge in [-0.1, -0.05) is 11.6 Å². The van der Waals surface area contributed by atoms with Crippen molar-refractivity contribution in [1.29, 1.82) is 0 Å². The molecule has 2 aromatic carbocycles. The summed E-state index contributed by atoms with van der Waals surface area (Å²) in [7, 11) is -1.08. The van der Waals surface area contributed by atoms with E-state index in [1.165, 1.54) is 50.6 Å². The van der Waals surface area contributed by atoms with Crippen LogP contribution in [0.15, 0.2) is 41.3 Å². The minimum atomic E-state index is -3.88. The lowest BCUT2D eigenvalue weighted by Crippen LogP contribution is -2.14. The number of carbonyl (C=O) groups is 1. The van der Waals surface area contributed by atoms with Crippen LogP contribution in [0.25, 0.3) is 0 Å².